The van der Waals surface area contributed by atoms with E-state index in [2.05, 4.69) is 18.8 Å². The van der Waals surface area contributed by atoms with Gasteiger partial charge in [-0.2, -0.15) is 0 Å². The van der Waals surface area contributed by atoms with Crippen LogP contribution in [0.2, 0.25) is 0 Å². The molecule has 0 spiro atoms. The van der Waals surface area contributed by atoms with Gasteiger partial charge in [-0.25, -0.2) is 0 Å². The summed E-state index contributed by atoms with van der Waals surface area (Å²) in [6, 6.07) is 2.04. The third kappa shape index (κ3) is 3.00. The Balaban J connectivity index is 1.94. The van der Waals surface area contributed by atoms with Gasteiger partial charge in [-0.15, -0.1) is 0 Å². The molecular formula is C19H25NO4. The van der Waals surface area contributed by atoms with Crippen molar-refractivity contribution in [3.8, 4) is 11.5 Å². The first kappa shape index (κ1) is 16.8. The Bertz CT molecular complexity index is 655. The highest BCUT2D eigenvalue weighted by molar-refractivity contribution is 5.66. The number of esters is 1. The van der Waals surface area contributed by atoms with Gasteiger partial charge >= 0.3 is 5.97 Å². The fourth-order valence-electron chi connectivity index (χ4n) is 3.80. The van der Waals surface area contributed by atoms with E-state index >= 15 is 0 Å². The van der Waals surface area contributed by atoms with E-state index in [9.17, 15) is 4.79 Å². The van der Waals surface area contributed by atoms with Crippen LogP contribution in [-0.2, 0) is 16.1 Å². The first-order chi connectivity index (χ1) is 11.5. The maximum absolute atomic E-state index is 11.3. The number of ether oxygens (including phenoxy) is 3. The van der Waals surface area contributed by atoms with Crippen LogP contribution in [0.3, 0.4) is 0 Å². The molecule has 5 heteroatoms. The lowest BCUT2D eigenvalue weighted by Gasteiger charge is -2.22. The molecule has 0 aromatic heterocycles. The quantitative estimate of drug-likeness (QED) is 0.664. The van der Waals surface area contributed by atoms with Crippen molar-refractivity contribution in [2.24, 2.45) is 0 Å². The Morgan fingerprint density at radius 2 is 2.38 bits per heavy atom. The van der Waals surface area contributed by atoms with Crippen LogP contribution in [0.25, 0.3) is 0 Å². The third-order valence-electron chi connectivity index (χ3n) is 4.90. The van der Waals surface area contributed by atoms with E-state index in [1.807, 2.05) is 6.07 Å². The zero-order valence-corrected chi connectivity index (χ0v) is 14.6. The predicted octanol–water partition coefficient (Wildman–Crippen LogP) is 2.85. The van der Waals surface area contributed by atoms with Crippen LogP contribution in [-0.4, -0.2) is 31.8 Å². The fraction of sp³-hybridized carbons (Fsp3) is 0.526. The third-order valence-corrected chi connectivity index (χ3v) is 4.90. The number of hydrogen-bond donors (Lipinski definition) is 1. The number of nitrogens with one attached hydrogen (secondary N) is 1. The standard InChI is InChI=1S/C19H25NO4/c1-5-13(23-12(3)21)9-16-14-6-7-20-10-15-11(2)8-17(22-4)19(24-16)18(14)15/h5,8,13-14,16,20H,1,6-7,9-10H2,2-4H3/t13-,14?,16?/m1/s1. The van der Waals surface area contributed by atoms with Gasteiger partial charge in [-0.1, -0.05) is 12.7 Å². The lowest BCUT2D eigenvalue weighted by molar-refractivity contribution is -0.145. The molecule has 130 valence electrons. The number of carbonyl (C=O) groups is 1. The molecule has 0 bridgehead atoms. The first-order valence-corrected chi connectivity index (χ1v) is 8.42. The Hall–Kier alpha value is -2.01. The van der Waals surface area contributed by atoms with Crippen molar-refractivity contribution >= 4 is 5.97 Å². The van der Waals surface area contributed by atoms with Crippen LogP contribution >= 0.6 is 0 Å². The number of benzene rings is 1. The molecule has 1 aromatic carbocycles. The molecular weight excluding hydrogens is 306 g/mol. The van der Waals surface area contributed by atoms with Crippen LogP contribution < -0.4 is 14.8 Å². The molecule has 0 amide bonds. The van der Waals surface area contributed by atoms with Crippen molar-refractivity contribution in [3.05, 3.63) is 35.4 Å². The van der Waals surface area contributed by atoms with Gasteiger partial charge in [0.05, 0.1) is 7.11 Å². The molecule has 2 aliphatic rings. The lowest BCUT2D eigenvalue weighted by Crippen LogP contribution is -2.28. The Morgan fingerprint density at radius 1 is 1.58 bits per heavy atom. The van der Waals surface area contributed by atoms with Crippen LogP contribution in [0, 0.1) is 6.92 Å². The van der Waals surface area contributed by atoms with Gasteiger partial charge in [0.25, 0.3) is 0 Å². The second kappa shape index (κ2) is 6.85. The van der Waals surface area contributed by atoms with E-state index in [0.29, 0.717) is 6.42 Å². The minimum absolute atomic E-state index is 0.0447. The molecule has 0 fully saturated rings. The van der Waals surface area contributed by atoms with Crippen molar-refractivity contribution in [2.75, 3.05) is 13.7 Å². The average Bonchev–Trinajstić information content (AvgIpc) is 2.75. The van der Waals surface area contributed by atoms with E-state index in [-0.39, 0.29) is 24.1 Å². The molecule has 0 aliphatic carbocycles. The van der Waals surface area contributed by atoms with E-state index in [1.165, 1.54) is 23.6 Å². The molecule has 0 radical (unpaired) electrons. The monoisotopic (exact) mass is 331 g/mol. The normalized spacial score (nSPS) is 22.8. The van der Waals surface area contributed by atoms with E-state index in [0.717, 1.165) is 31.0 Å². The molecule has 0 saturated heterocycles. The summed E-state index contributed by atoms with van der Waals surface area (Å²) in [6.07, 6.45) is 2.88. The van der Waals surface area contributed by atoms with Gasteiger partial charge < -0.3 is 19.5 Å². The second-order valence-corrected chi connectivity index (χ2v) is 6.46. The van der Waals surface area contributed by atoms with Crippen molar-refractivity contribution in [1.29, 1.82) is 0 Å². The van der Waals surface area contributed by atoms with Gasteiger partial charge in [-0.05, 0) is 37.1 Å². The molecule has 3 rings (SSSR count). The van der Waals surface area contributed by atoms with Gasteiger partial charge in [0.2, 0.25) is 0 Å². The molecule has 2 aliphatic heterocycles. The Kier molecular flexibility index (Phi) is 4.81. The van der Waals surface area contributed by atoms with Crippen molar-refractivity contribution in [2.45, 2.75) is 51.4 Å². The summed E-state index contributed by atoms with van der Waals surface area (Å²) >= 11 is 0. The van der Waals surface area contributed by atoms with E-state index in [1.54, 1.807) is 13.2 Å². The minimum Gasteiger partial charge on any atom is -0.493 e. The molecule has 2 unspecified atom stereocenters. The summed E-state index contributed by atoms with van der Waals surface area (Å²) in [5.41, 5.74) is 3.78. The second-order valence-electron chi connectivity index (χ2n) is 6.46. The van der Waals surface area contributed by atoms with Crippen molar-refractivity contribution < 1.29 is 19.0 Å². The highest BCUT2D eigenvalue weighted by atomic mass is 16.5. The molecule has 0 saturated carbocycles. The van der Waals surface area contributed by atoms with Gasteiger partial charge in [-0.3, -0.25) is 4.79 Å². The Morgan fingerprint density at radius 3 is 3.04 bits per heavy atom. The summed E-state index contributed by atoms with van der Waals surface area (Å²) in [6.45, 7) is 9.10. The number of methoxy groups -OCH3 is 1. The van der Waals surface area contributed by atoms with Crippen LogP contribution in [0.15, 0.2) is 18.7 Å². The van der Waals surface area contributed by atoms with Gasteiger partial charge in [0.15, 0.2) is 11.5 Å². The van der Waals surface area contributed by atoms with Crippen molar-refractivity contribution in [1.82, 2.24) is 5.32 Å². The predicted molar refractivity (Wildman–Crippen MR) is 91.6 cm³/mol. The summed E-state index contributed by atoms with van der Waals surface area (Å²) in [5.74, 6) is 1.61. The molecule has 3 atom stereocenters. The highest BCUT2D eigenvalue weighted by Crippen LogP contribution is 2.50. The number of hydrogen-bond acceptors (Lipinski definition) is 5. The van der Waals surface area contributed by atoms with Gasteiger partial charge in [0, 0.05) is 31.4 Å². The largest absolute Gasteiger partial charge is 0.493 e. The van der Waals surface area contributed by atoms with E-state index in [4.69, 9.17) is 14.2 Å². The molecule has 1 aromatic rings. The Labute approximate surface area is 143 Å². The summed E-state index contributed by atoms with van der Waals surface area (Å²) < 4.78 is 17.2. The van der Waals surface area contributed by atoms with Crippen LogP contribution in [0.1, 0.15) is 42.4 Å². The first-order valence-electron chi connectivity index (χ1n) is 8.42. The zero-order chi connectivity index (χ0) is 17.3. The maximum Gasteiger partial charge on any atom is 0.303 e. The lowest BCUT2D eigenvalue weighted by atomic mass is 9.86. The SMILES string of the molecule is C=C[C@H](CC1Oc2c(OC)cc(C)c3c2C1CCNC3)OC(C)=O. The summed E-state index contributed by atoms with van der Waals surface area (Å²) in [7, 11) is 1.67. The molecule has 2 heterocycles. The zero-order valence-electron chi connectivity index (χ0n) is 14.6. The van der Waals surface area contributed by atoms with E-state index < -0.39 is 0 Å². The number of carbonyl (C=O) groups excluding carboxylic acids is 1. The molecule has 1 N–H and O–H groups in total. The number of aryl methyl sites for hydroxylation is 1. The summed E-state index contributed by atoms with van der Waals surface area (Å²) in [4.78, 5) is 11.3. The average molecular weight is 331 g/mol. The van der Waals surface area contributed by atoms with Crippen LogP contribution in [0.4, 0.5) is 0 Å². The maximum atomic E-state index is 11.3. The van der Waals surface area contributed by atoms with Crippen molar-refractivity contribution in [3.63, 3.8) is 0 Å². The highest BCUT2D eigenvalue weighted by Gasteiger charge is 2.40. The minimum atomic E-state index is -0.339. The fourth-order valence-corrected chi connectivity index (χ4v) is 3.80. The summed E-state index contributed by atoms with van der Waals surface area (Å²) in [5, 5.41) is 3.49. The number of rotatable bonds is 5. The topological polar surface area (TPSA) is 56.8 Å². The molecule has 24 heavy (non-hydrogen) atoms. The smallest absolute Gasteiger partial charge is 0.303 e. The molecule has 5 nitrogen and oxygen atoms in total. The van der Waals surface area contributed by atoms with Gasteiger partial charge in [0.1, 0.15) is 12.2 Å². The van der Waals surface area contributed by atoms with Crippen LogP contribution in [0.5, 0.6) is 11.5 Å².